The number of aromatic nitrogens is 2. The summed E-state index contributed by atoms with van der Waals surface area (Å²) in [6, 6.07) is 12.3. The number of imidazole rings is 1. The Kier molecular flexibility index (Phi) is 6.98. The van der Waals surface area contributed by atoms with Gasteiger partial charge < -0.3 is 14.6 Å². The molecule has 0 fully saturated rings. The summed E-state index contributed by atoms with van der Waals surface area (Å²) in [5.74, 6) is 0.366. The van der Waals surface area contributed by atoms with Crippen molar-refractivity contribution in [1.82, 2.24) is 9.97 Å². The molecule has 154 valence electrons. The van der Waals surface area contributed by atoms with Crippen LogP contribution in [-0.2, 0) is 16.0 Å². The molecule has 1 N–H and O–H groups in total. The van der Waals surface area contributed by atoms with Crippen molar-refractivity contribution in [1.29, 1.82) is 0 Å². The Morgan fingerprint density at radius 1 is 1.28 bits per heavy atom. The van der Waals surface area contributed by atoms with Gasteiger partial charge in [-0.15, -0.1) is 0 Å². The summed E-state index contributed by atoms with van der Waals surface area (Å²) in [7, 11) is 1.67. The molecule has 0 saturated carbocycles. The van der Waals surface area contributed by atoms with E-state index in [1.54, 1.807) is 7.11 Å². The van der Waals surface area contributed by atoms with E-state index in [4.69, 9.17) is 4.74 Å². The van der Waals surface area contributed by atoms with E-state index in [0.717, 1.165) is 33.9 Å². The minimum atomic E-state index is -0.0576. The number of anilines is 1. The van der Waals surface area contributed by atoms with Gasteiger partial charge in [0.05, 0.1) is 35.1 Å². The number of para-hydroxylation sites is 1. The number of nitrogens with zero attached hydrogens (tertiary/aromatic N) is 2. The van der Waals surface area contributed by atoms with Gasteiger partial charge in [0.1, 0.15) is 0 Å². The van der Waals surface area contributed by atoms with Gasteiger partial charge in [-0.05, 0) is 56.0 Å². The zero-order valence-electron chi connectivity index (χ0n) is 17.8. The molecule has 3 rings (SSSR count). The third-order valence-electron chi connectivity index (χ3n) is 5.01. The quantitative estimate of drug-likeness (QED) is 0.536. The second-order valence-electron chi connectivity index (χ2n) is 7.36. The number of rotatable bonds is 8. The molecular weight excluding hydrogens is 382 g/mol. The van der Waals surface area contributed by atoms with E-state index in [1.165, 1.54) is 22.9 Å². The van der Waals surface area contributed by atoms with Crippen molar-refractivity contribution in [2.45, 2.75) is 45.3 Å². The predicted molar refractivity (Wildman–Crippen MR) is 121 cm³/mol. The van der Waals surface area contributed by atoms with Crippen LogP contribution in [0.3, 0.4) is 0 Å². The average Bonchev–Trinajstić information content (AvgIpc) is 3.10. The molecular formula is C23H29N3O2S. The highest BCUT2D eigenvalue weighted by Gasteiger charge is 2.25. The van der Waals surface area contributed by atoms with Crippen LogP contribution < -0.4 is 4.90 Å². The van der Waals surface area contributed by atoms with Crippen LogP contribution in [0, 0.1) is 13.8 Å². The van der Waals surface area contributed by atoms with Crippen molar-refractivity contribution in [3.8, 4) is 0 Å². The minimum Gasteiger partial charge on any atom is -0.383 e. The number of benzene rings is 2. The molecule has 5 nitrogen and oxygen atoms in total. The van der Waals surface area contributed by atoms with Crippen molar-refractivity contribution in [3.05, 3.63) is 53.1 Å². The van der Waals surface area contributed by atoms with E-state index in [1.807, 2.05) is 30.0 Å². The number of hydrogen-bond acceptors (Lipinski definition) is 4. The van der Waals surface area contributed by atoms with Crippen molar-refractivity contribution in [2.75, 3.05) is 24.4 Å². The standard InChI is InChI=1S/C23H29N3O2S/c1-6-18-9-7-8-16(3)22(18)26(17(4)13-28-5)21(27)14-29-23-24-19-11-10-15(2)12-20(19)25-23/h7-12,17H,6,13-14H2,1-5H3,(H,24,25)/t17-/m1/s1. The number of aryl methyl sites for hydroxylation is 3. The summed E-state index contributed by atoms with van der Waals surface area (Å²) in [6.45, 7) is 8.75. The number of carbonyl (C=O) groups is 1. The third-order valence-corrected chi connectivity index (χ3v) is 5.87. The Labute approximate surface area is 176 Å². The zero-order valence-corrected chi connectivity index (χ0v) is 18.6. The molecule has 0 bridgehead atoms. The first-order chi connectivity index (χ1) is 13.9. The van der Waals surface area contributed by atoms with E-state index >= 15 is 0 Å². The molecule has 1 aromatic heterocycles. The Morgan fingerprint density at radius 2 is 2.07 bits per heavy atom. The summed E-state index contributed by atoms with van der Waals surface area (Å²) in [5.41, 5.74) is 6.37. The van der Waals surface area contributed by atoms with Gasteiger partial charge in [-0.25, -0.2) is 4.98 Å². The third kappa shape index (κ3) is 4.82. The van der Waals surface area contributed by atoms with Crippen LogP contribution in [0.4, 0.5) is 5.69 Å². The highest BCUT2D eigenvalue weighted by atomic mass is 32.2. The monoisotopic (exact) mass is 411 g/mol. The lowest BCUT2D eigenvalue weighted by Crippen LogP contribution is -2.43. The first kappa shape index (κ1) is 21.4. The summed E-state index contributed by atoms with van der Waals surface area (Å²) in [5, 5.41) is 0.763. The van der Waals surface area contributed by atoms with E-state index in [-0.39, 0.29) is 11.9 Å². The molecule has 0 spiro atoms. The second kappa shape index (κ2) is 9.46. The fraction of sp³-hybridized carbons (Fsp3) is 0.391. The molecule has 2 aromatic carbocycles. The second-order valence-corrected chi connectivity index (χ2v) is 8.32. The predicted octanol–water partition coefficient (Wildman–Crippen LogP) is 4.90. The number of hydrogen-bond donors (Lipinski definition) is 1. The van der Waals surface area contributed by atoms with Crippen LogP contribution in [0.15, 0.2) is 41.6 Å². The molecule has 0 saturated heterocycles. The number of fused-ring (bicyclic) bond motifs is 1. The molecule has 6 heteroatoms. The van der Waals surface area contributed by atoms with Crippen LogP contribution >= 0.6 is 11.8 Å². The molecule has 1 amide bonds. The van der Waals surface area contributed by atoms with E-state index in [0.29, 0.717) is 12.4 Å². The fourth-order valence-corrected chi connectivity index (χ4v) is 4.37. The number of nitrogens with one attached hydrogen (secondary N) is 1. The van der Waals surface area contributed by atoms with Crippen molar-refractivity contribution >= 4 is 34.4 Å². The van der Waals surface area contributed by atoms with Crippen molar-refractivity contribution in [2.24, 2.45) is 0 Å². The summed E-state index contributed by atoms with van der Waals surface area (Å²) in [6.07, 6.45) is 0.872. The fourth-order valence-electron chi connectivity index (χ4n) is 3.62. The topological polar surface area (TPSA) is 58.2 Å². The van der Waals surface area contributed by atoms with Gasteiger partial charge in [-0.3, -0.25) is 4.79 Å². The number of amides is 1. The van der Waals surface area contributed by atoms with Gasteiger partial charge in [-0.1, -0.05) is 43.0 Å². The molecule has 0 aliphatic heterocycles. The Balaban J connectivity index is 1.85. The van der Waals surface area contributed by atoms with Crippen LogP contribution in [0.1, 0.15) is 30.5 Å². The van der Waals surface area contributed by atoms with Gasteiger partial charge in [-0.2, -0.15) is 0 Å². The highest BCUT2D eigenvalue weighted by molar-refractivity contribution is 7.99. The van der Waals surface area contributed by atoms with Crippen LogP contribution in [0.25, 0.3) is 11.0 Å². The number of aromatic amines is 1. The Hall–Kier alpha value is -2.31. The smallest absolute Gasteiger partial charge is 0.237 e. The van der Waals surface area contributed by atoms with E-state index in [9.17, 15) is 4.79 Å². The highest BCUT2D eigenvalue weighted by Crippen LogP contribution is 2.29. The van der Waals surface area contributed by atoms with Crippen LogP contribution in [0.2, 0.25) is 0 Å². The van der Waals surface area contributed by atoms with Gasteiger partial charge in [0.15, 0.2) is 5.16 Å². The lowest BCUT2D eigenvalue weighted by Gasteiger charge is -2.32. The van der Waals surface area contributed by atoms with Gasteiger partial charge in [0, 0.05) is 7.11 Å². The SMILES string of the molecule is CCc1cccc(C)c1N(C(=O)CSc1nc2ccc(C)cc2[nH]1)[C@H](C)COC. The molecule has 0 unspecified atom stereocenters. The van der Waals surface area contributed by atoms with Crippen LogP contribution in [-0.4, -0.2) is 41.4 Å². The summed E-state index contributed by atoms with van der Waals surface area (Å²) < 4.78 is 5.36. The lowest BCUT2D eigenvalue weighted by molar-refractivity contribution is -0.116. The Bertz CT molecular complexity index is 999. The molecule has 1 heterocycles. The molecule has 29 heavy (non-hydrogen) atoms. The van der Waals surface area contributed by atoms with Gasteiger partial charge in [0.2, 0.25) is 5.91 Å². The minimum absolute atomic E-state index is 0.0557. The number of thioether (sulfide) groups is 1. The van der Waals surface area contributed by atoms with E-state index < -0.39 is 0 Å². The Morgan fingerprint density at radius 3 is 2.79 bits per heavy atom. The summed E-state index contributed by atoms with van der Waals surface area (Å²) >= 11 is 1.44. The van der Waals surface area contributed by atoms with E-state index in [2.05, 4.69) is 48.9 Å². The first-order valence-corrected chi connectivity index (χ1v) is 10.9. The molecule has 3 aromatic rings. The molecule has 0 aliphatic rings. The average molecular weight is 412 g/mol. The normalized spacial score (nSPS) is 12.3. The van der Waals surface area contributed by atoms with Crippen LogP contribution in [0.5, 0.6) is 0 Å². The maximum absolute atomic E-state index is 13.3. The molecule has 1 atom stereocenters. The zero-order chi connectivity index (χ0) is 21.0. The number of H-pyrrole nitrogens is 1. The lowest BCUT2D eigenvalue weighted by atomic mass is 10.0. The van der Waals surface area contributed by atoms with Gasteiger partial charge >= 0.3 is 0 Å². The maximum atomic E-state index is 13.3. The number of carbonyl (C=O) groups excluding carboxylic acids is 1. The van der Waals surface area contributed by atoms with Crippen molar-refractivity contribution in [3.63, 3.8) is 0 Å². The largest absolute Gasteiger partial charge is 0.383 e. The number of ether oxygens (including phenoxy) is 1. The molecule has 0 aliphatic carbocycles. The van der Waals surface area contributed by atoms with Gasteiger partial charge in [0.25, 0.3) is 0 Å². The molecule has 0 radical (unpaired) electrons. The first-order valence-electron chi connectivity index (χ1n) is 9.93. The summed E-state index contributed by atoms with van der Waals surface area (Å²) in [4.78, 5) is 23.1. The number of methoxy groups -OCH3 is 1. The maximum Gasteiger partial charge on any atom is 0.237 e. The van der Waals surface area contributed by atoms with Crippen molar-refractivity contribution < 1.29 is 9.53 Å².